The molecule has 0 saturated carbocycles. The van der Waals surface area contributed by atoms with Gasteiger partial charge in [-0.3, -0.25) is 4.79 Å². The molecule has 128 valence electrons. The van der Waals surface area contributed by atoms with Gasteiger partial charge in [-0.25, -0.2) is 0 Å². The Labute approximate surface area is 154 Å². The average Bonchev–Trinajstić information content (AvgIpc) is 3.05. The number of ether oxygens (including phenoxy) is 3. The molecule has 1 aliphatic rings. The first-order valence-electron chi connectivity index (χ1n) is 7.35. The van der Waals surface area contributed by atoms with E-state index in [2.05, 4.69) is 17.2 Å². The van der Waals surface area contributed by atoms with Gasteiger partial charge in [0.05, 0.1) is 17.1 Å². The van der Waals surface area contributed by atoms with Gasteiger partial charge in [0.15, 0.2) is 11.5 Å². The summed E-state index contributed by atoms with van der Waals surface area (Å²) in [4.78, 5) is 12.0. The van der Waals surface area contributed by atoms with E-state index >= 15 is 0 Å². The molecule has 0 radical (unpaired) electrons. The minimum Gasteiger partial charge on any atom is -0.481 e. The number of fused-ring (bicyclic) bond motifs is 1. The van der Waals surface area contributed by atoms with Gasteiger partial charge in [-0.2, -0.15) is 0 Å². The smallest absolute Gasteiger partial charge is 0.253 e. The molecule has 25 heavy (non-hydrogen) atoms. The number of hydrogen-bond acceptors (Lipinski definition) is 4. The number of benzene rings is 2. The van der Waals surface area contributed by atoms with Gasteiger partial charge in [-0.15, -0.1) is 0 Å². The van der Waals surface area contributed by atoms with Crippen LogP contribution in [0.2, 0.25) is 10.0 Å². The van der Waals surface area contributed by atoms with Gasteiger partial charge in [0.1, 0.15) is 12.4 Å². The Kier molecular flexibility index (Phi) is 5.54. The molecule has 0 aliphatic carbocycles. The van der Waals surface area contributed by atoms with E-state index in [4.69, 9.17) is 37.4 Å². The molecular formula is C18H13Cl2NO4. The summed E-state index contributed by atoms with van der Waals surface area (Å²) in [6.07, 6.45) is 0. The fourth-order valence-corrected chi connectivity index (χ4v) is 2.59. The van der Waals surface area contributed by atoms with Crippen molar-refractivity contribution in [1.29, 1.82) is 0 Å². The molecule has 2 aromatic rings. The minimum atomic E-state index is -0.312. The Morgan fingerprint density at radius 3 is 2.80 bits per heavy atom. The molecule has 1 aliphatic heterocycles. The molecule has 5 nitrogen and oxygen atoms in total. The molecule has 1 N–H and O–H groups in total. The largest absolute Gasteiger partial charge is 0.481 e. The van der Waals surface area contributed by atoms with Crippen LogP contribution in [0.1, 0.15) is 10.4 Å². The highest BCUT2D eigenvalue weighted by Gasteiger charge is 2.13. The Bertz CT molecular complexity index is 858. The SMILES string of the molecule is O=C(NCC#CCOc1ccc2c(c1)OCO2)c1ccc(Cl)cc1Cl. The number of nitrogens with one attached hydrogen (secondary N) is 1. The number of carbonyl (C=O) groups excluding carboxylic acids is 1. The molecule has 0 aromatic heterocycles. The highest BCUT2D eigenvalue weighted by Crippen LogP contribution is 2.34. The van der Waals surface area contributed by atoms with E-state index in [0.29, 0.717) is 32.9 Å². The van der Waals surface area contributed by atoms with E-state index in [0.717, 1.165) is 0 Å². The normalized spacial score (nSPS) is 11.4. The third-order valence-electron chi connectivity index (χ3n) is 3.29. The summed E-state index contributed by atoms with van der Waals surface area (Å²) in [5, 5.41) is 3.43. The lowest BCUT2D eigenvalue weighted by Crippen LogP contribution is -2.23. The van der Waals surface area contributed by atoms with Gasteiger partial charge in [-0.1, -0.05) is 35.0 Å². The van der Waals surface area contributed by atoms with Crippen molar-refractivity contribution in [3.8, 4) is 29.1 Å². The molecule has 7 heteroatoms. The Morgan fingerprint density at radius 2 is 1.96 bits per heavy atom. The lowest BCUT2D eigenvalue weighted by molar-refractivity contribution is 0.0959. The molecule has 0 saturated heterocycles. The highest BCUT2D eigenvalue weighted by atomic mass is 35.5. The minimum absolute atomic E-state index is 0.183. The number of amides is 1. The first-order chi connectivity index (χ1) is 12.1. The van der Waals surface area contributed by atoms with Crippen molar-refractivity contribution in [2.75, 3.05) is 19.9 Å². The average molecular weight is 378 g/mol. The molecule has 1 heterocycles. The lowest BCUT2D eigenvalue weighted by Gasteiger charge is -2.04. The van der Waals surface area contributed by atoms with Gasteiger partial charge in [0, 0.05) is 11.1 Å². The molecule has 0 spiro atoms. The van der Waals surface area contributed by atoms with E-state index in [9.17, 15) is 4.79 Å². The Morgan fingerprint density at radius 1 is 1.12 bits per heavy atom. The van der Waals surface area contributed by atoms with Crippen LogP contribution in [0.25, 0.3) is 0 Å². The molecule has 0 fully saturated rings. The van der Waals surface area contributed by atoms with Crippen molar-refractivity contribution < 1.29 is 19.0 Å². The van der Waals surface area contributed by atoms with Crippen LogP contribution in [-0.2, 0) is 0 Å². The molecular weight excluding hydrogens is 365 g/mol. The van der Waals surface area contributed by atoms with Crippen LogP contribution in [0.5, 0.6) is 17.2 Å². The summed E-state index contributed by atoms with van der Waals surface area (Å²) in [6, 6.07) is 9.99. The maximum absolute atomic E-state index is 12.0. The van der Waals surface area contributed by atoms with Crippen molar-refractivity contribution in [3.63, 3.8) is 0 Å². The highest BCUT2D eigenvalue weighted by molar-refractivity contribution is 6.36. The molecule has 0 bridgehead atoms. The second-order valence-electron chi connectivity index (χ2n) is 4.96. The Balaban J connectivity index is 1.44. The lowest BCUT2D eigenvalue weighted by atomic mass is 10.2. The van der Waals surface area contributed by atoms with Crippen LogP contribution >= 0.6 is 23.2 Å². The van der Waals surface area contributed by atoms with Gasteiger partial charge in [0.25, 0.3) is 5.91 Å². The van der Waals surface area contributed by atoms with Crippen LogP contribution in [0.3, 0.4) is 0 Å². The van der Waals surface area contributed by atoms with Gasteiger partial charge >= 0.3 is 0 Å². The topological polar surface area (TPSA) is 56.8 Å². The predicted molar refractivity (Wildman–Crippen MR) is 94.6 cm³/mol. The number of halogens is 2. The van der Waals surface area contributed by atoms with E-state index in [1.807, 2.05) is 0 Å². The molecule has 1 amide bonds. The number of hydrogen-bond donors (Lipinski definition) is 1. The van der Waals surface area contributed by atoms with E-state index < -0.39 is 0 Å². The zero-order valence-corrected chi connectivity index (χ0v) is 14.5. The van der Waals surface area contributed by atoms with Crippen molar-refractivity contribution in [2.24, 2.45) is 0 Å². The summed E-state index contributed by atoms with van der Waals surface area (Å²) in [5.41, 5.74) is 0.351. The third-order valence-corrected chi connectivity index (χ3v) is 3.84. The first-order valence-corrected chi connectivity index (χ1v) is 8.10. The van der Waals surface area contributed by atoms with Crippen molar-refractivity contribution in [1.82, 2.24) is 5.32 Å². The Hall–Kier alpha value is -2.55. The molecule has 0 unspecified atom stereocenters. The summed E-state index contributed by atoms with van der Waals surface area (Å²) < 4.78 is 16.0. The fraction of sp³-hybridized carbons (Fsp3) is 0.167. The van der Waals surface area contributed by atoms with Gasteiger partial charge in [0.2, 0.25) is 6.79 Å². The van der Waals surface area contributed by atoms with E-state index in [1.165, 1.54) is 6.07 Å². The van der Waals surface area contributed by atoms with Crippen LogP contribution in [0.4, 0.5) is 0 Å². The summed E-state index contributed by atoms with van der Waals surface area (Å²) in [7, 11) is 0. The van der Waals surface area contributed by atoms with E-state index in [-0.39, 0.29) is 25.9 Å². The zero-order chi connectivity index (χ0) is 17.6. The van der Waals surface area contributed by atoms with Crippen LogP contribution in [0.15, 0.2) is 36.4 Å². The molecule has 3 rings (SSSR count). The molecule has 0 atom stereocenters. The van der Waals surface area contributed by atoms with Crippen LogP contribution in [-0.4, -0.2) is 25.9 Å². The van der Waals surface area contributed by atoms with E-state index in [1.54, 1.807) is 30.3 Å². The monoisotopic (exact) mass is 377 g/mol. The predicted octanol–water partition coefficient (Wildman–Crippen LogP) is 3.53. The van der Waals surface area contributed by atoms with Crippen molar-refractivity contribution >= 4 is 29.1 Å². The standard InChI is InChI=1S/C18H13Cl2NO4/c19-12-3-5-14(15(20)9-12)18(22)21-7-1-2-8-23-13-4-6-16-17(10-13)25-11-24-16/h3-6,9-10H,7-8,11H2,(H,21,22). The summed E-state index contributed by atoms with van der Waals surface area (Å²) >= 11 is 11.8. The summed E-state index contributed by atoms with van der Waals surface area (Å²) in [5.74, 6) is 7.30. The van der Waals surface area contributed by atoms with Crippen LogP contribution in [0, 0.1) is 11.8 Å². The summed E-state index contributed by atoms with van der Waals surface area (Å²) in [6.45, 7) is 0.593. The zero-order valence-electron chi connectivity index (χ0n) is 13.0. The first kappa shape index (κ1) is 17.3. The maximum atomic E-state index is 12.0. The van der Waals surface area contributed by atoms with Crippen LogP contribution < -0.4 is 19.5 Å². The second kappa shape index (κ2) is 8.02. The fourth-order valence-electron chi connectivity index (χ4n) is 2.09. The van der Waals surface area contributed by atoms with Crippen molar-refractivity contribution in [2.45, 2.75) is 0 Å². The number of carbonyl (C=O) groups is 1. The second-order valence-corrected chi connectivity index (χ2v) is 5.81. The quantitative estimate of drug-likeness (QED) is 0.828. The third kappa shape index (κ3) is 4.50. The number of rotatable bonds is 4. The molecule has 2 aromatic carbocycles. The van der Waals surface area contributed by atoms with Gasteiger partial charge < -0.3 is 19.5 Å². The van der Waals surface area contributed by atoms with Crippen molar-refractivity contribution in [3.05, 3.63) is 52.0 Å². The van der Waals surface area contributed by atoms with Gasteiger partial charge in [-0.05, 0) is 30.3 Å². The maximum Gasteiger partial charge on any atom is 0.253 e.